The molecule has 0 spiro atoms. The van der Waals surface area contributed by atoms with Gasteiger partial charge in [-0.1, -0.05) is 13.0 Å². The summed E-state index contributed by atoms with van der Waals surface area (Å²) in [5.74, 6) is -0.695. The van der Waals surface area contributed by atoms with E-state index in [0.717, 1.165) is 6.42 Å². The van der Waals surface area contributed by atoms with Crippen molar-refractivity contribution in [2.24, 2.45) is 0 Å². The lowest BCUT2D eigenvalue weighted by molar-refractivity contribution is 0.0985. The number of nitrogens with two attached hydrogens (primary N) is 1. The normalized spacial score (nSPS) is 10.4. The van der Waals surface area contributed by atoms with Crippen LogP contribution in [0.4, 0.5) is 15.8 Å². The molecule has 0 unspecified atom stereocenters. The summed E-state index contributed by atoms with van der Waals surface area (Å²) in [6, 6.07) is 11.2. The highest BCUT2D eigenvalue weighted by Crippen LogP contribution is 2.24. The molecule has 0 aliphatic heterocycles. The second-order valence-corrected chi connectivity index (χ2v) is 5.53. The van der Waals surface area contributed by atoms with Crippen molar-refractivity contribution < 1.29 is 9.18 Å². The standard InChI is InChI=1S/C16H16BrFN2O/c1-2-8-20(13-5-3-4-12(19)10-13)16(21)14-9-11(18)6-7-15(14)17/h3-7,9-10H,2,8,19H2,1H3. The summed E-state index contributed by atoms with van der Waals surface area (Å²) in [7, 11) is 0. The number of amides is 1. The lowest BCUT2D eigenvalue weighted by atomic mass is 10.1. The van der Waals surface area contributed by atoms with Crippen LogP contribution >= 0.6 is 15.9 Å². The van der Waals surface area contributed by atoms with Crippen LogP contribution in [0.2, 0.25) is 0 Å². The van der Waals surface area contributed by atoms with E-state index >= 15 is 0 Å². The van der Waals surface area contributed by atoms with E-state index in [1.54, 1.807) is 23.1 Å². The van der Waals surface area contributed by atoms with Crippen LogP contribution in [-0.4, -0.2) is 12.5 Å². The first kappa shape index (κ1) is 15.5. The lowest BCUT2D eigenvalue weighted by Crippen LogP contribution is -2.32. The van der Waals surface area contributed by atoms with Crippen molar-refractivity contribution in [2.45, 2.75) is 13.3 Å². The van der Waals surface area contributed by atoms with Gasteiger partial charge in [-0.25, -0.2) is 4.39 Å². The van der Waals surface area contributed by atoms with Crippen LogP contribution in [0.25, 0.3) is 0 Å². The Hall–Kier alpha value is -1.88. The molecule has 110 valence electrons. The Morgan fingerprint density at radius 1 is 1.29 bits per heavy atom. The van der Waals surface area contributed by atoms with E-state index in [2.05, 4.69) is 15.9 Å². The number of hydrogen-bond acceptors (Lipinski definition) is 2. The van der Waals surface area contributed by atoms with Gasteiger partial charge in [0, 0.05) is 22.4 Å². The predicted molar refractivity (Wildman–Crippen MR) is 86.9 cm³/mol. The van der Waals surface area contributed by atoms with Gasteiger partial charge in [-0.05, 0) is 58.7 Å². The highest BCUT2D eigenvalue weighted by Gasteiger charge is 2.20. The van der Waals surface area contributed by atoms with Gasteiger partial charge in [-0.3, -0.25) is 4.79 Å². The molecule has 2 N–H and O–H groups in total. The molecule has 0 aliphatic carbocycles. The van der Waals surface area contributed by atoms with Crippen LogP contribution in [0.5, 0.6) is 0 Å². The third-order valence-corrected chi connectivity index (χ3v) is 3.72. The second-order valence-electron chi connectivity index (χ2n) is 4.68. The van der Waals surface area contributed by atoms with E-state index in [9.17, 15) is 9.18 Å². The smallest absolute Gasteiger partial charge is 0.259 e. The number of hydrogen-bond donors (Lipinski definition) is 1. The molecule has 0 bridgehead atoms. The van der Waals surface area contributed by atoms with Crippen molar-refractivity contribution in [3.8, 4) is 0 Å². The van der Waals surface area contributed by atoms with E-state index < -0.39 is 5.82 Å². The van der Waals surface area contributed by atoms with E-state index in [4.69, 9.17) is 5.73 Å². The zero-order valence-electron chi connectivity index (χ0n) is 11.6. The van der Waals surface area contributed by atoms with Crippen molar-refractivity contribution in [2.75, 3.05) is 17.2 Å². The van der Waals surface area contributed by atoms with E-state index in [1.165, 1.54) is 18.2 Å². The van der Waals surface area contributed by atoms with Gasteiger partial charge >= 0.3 is 0 Å². The molecule has 1 amide bonds. The molecule has 0 heterocycles. The third kappa shape index (κ3) is 3.61. The summed E-state index contributed by atoms with van der Waals surface area (Å²) in [6.07, 6.45) is 0.785. The summed E-state index contributed by atoms with van der Waals surface area (Å²) in [6.45, 7) is 2.51. The molecule has 0 aliphatic rings. The molecule has 3 nitrogen and oxygen atoms in total. The van der Waals surface area contributed by atoms with Crippen LogP contribution in [0.1, 0.15) is 23.7 Å². The highest BCUT2D eigenvalue weighted by molar-refractivity contribution is 9.10. The van der Waals surface area contributed by atoms with Gasteiger partial charge in [0.1, 0.15) is 5.82 Å². The minimum atomic E-state index is -0.439. The molecule has 0 fully saturated rings. The fourth-order valence-corrected chi connectivity index (χ4v) is 2.49. The topological polar surface area (TPSA) is 46.3 Å². The van der Waals surface area contributed by atoms with Crippen molar-refractivity contribution in [3.63, 3.8) is 0 Å². The molecule has 21 heavy (non-hydrogen) atoms. The zero-order valence-corrected chi connectivity index (χ0v) is 13.2. The van der Waals surface area contributed by atoms with Crippen LogP contribution in [-0.2, 0) is 0 Å². The Morgan fingerprint density at radius 2 is 2.05 bits per heavy atom. The zero-order chi connectivity index (χ0) is 15.4. The SMILES string of the molecule is CCCN(C(=O)c1cc(F)ccc1Br)c1cccc(N)c1. The predicted octanol–water partition coefficient (Wildman–Crippen LogP) is 4.23. The molecule has 0 aromatic heterocycles. The molecule has 2 rings (SSSR count). The maximum atomic E-state index is 13.4. The van der Waals surface area contributed by atoms with Gasteiger partial charge in [0.2, 0.25) is 0 Å². The minimum absolute atomic E-state index is 0.256. The largest absolute Gasteiger partial charge is 0.399 e. The summed E-state index contributed by atoms with van der Waals surface area (Å²) in [4.78, 5) is 14.3. The Morgan fingerprint density at radius 3 is 2.71 bits per heavy atom. The number of nitrogen functional groups attached to an aromatic ring is 1. The molecule has 0 saturated carbocycles. The van der Waals surface area contributed by atoms with Crippen LogP contribution < -0.4 is 10.6 Å². The number of benzene rings is 2. The van der Waals surface area contributed by atoms with Crippen molar-refractivity contribution >= 4 is 33.2 Å². The quantitative estimate of drug-likeness (QED) is 0.838. The summed E-state index contributed by atoms with van der Waals surface area (Å²) in [5, 5.41) is 0. The molecule has 0 radical (unpaired) electrons. The first-order valence-electron chi connectivity index (χ1n) is 6.65. The summed E-state index contributed by atoms with van der Waals surface area (Å²) < 4.78 is 14.0. The number of carbonyl (C=O) groups excluding carboxylic acids is 1. The molecule has 0 saturated heterocycles. The second kappa shape index (κ2) is 6.72. The van der Waals surface area contributed by atoms with Crippen LogP contribution in [0.3, 0.4) is 0 Å². The minimum Gasteiger partial charge on any atom is -0.399 e. The lowest BCUT2D eigenvalue weighted by Gasteiger charge is -2.23. The Bertz CT molecular complexity index is 660. The molecule has 5 heteroatoms. The van der Waals surface area contributed by atoms with Gasteiger partial charge in [0.15, 0.2) is 0 Å². The summed E-state index contributed by atoms with van der Waals surface area (Å²) in [5.41, 5.74) is 7.36. The average molecular weight is 351 g/mol. The monoisotopic (exact) mass is 350 g/mol. The van der Waals surface area contributed by atoms with E-state index in [-0.39, 0.29) is 5.91 Å². The number of carbonyl (C=O) groups is 1. The molecule has 0 atom stereocenters. The van der Waals surface area contributed by atoms with Crippen molar-refractivity contribution in [3.05, 3.63) is 58.3 Å². The number of halogens is 2. The number of rotatable bonds is 4. The van der Waals surface area contributed by atoms with Gasteiger partial charge in [0.25, 0.3) is 5.91 Å². The Balaban J connectivity index is 2.42. The first-order valence-corrected chi connectivity index (χ1v) is 7.44. The average Bonchev–Trinajstić information content (AvgIpc) is 2.46. The van der Waals surface area contributed by atoms with E-state index in [1.807, 2.05) is 13.0 Å². The number of nitrogens with zero attached hydrogens (tertiary/aromatic N) is 1. The van der Waals surface area contributed by atoms with Gasteiger partial charge in [-0.15, -0.1) is 0 Å². The first-order chi connectivity index (χ1) is 10.0. The highest BCUT2D eigenvalue weighted by atomic mass is 79.9. The third-order valence-electron chi connectivity index (χ3n) is 3.03. The van der Waals surface area contributed by atoms with Crippen molar-refractivity contribution in [1.29, 1.82) is 0 Å². The number of anilines is 2. The van der Waals surface area contributed by atoms with Gasteiger partial charge < -0.3 is 10.6 Å². The Labute approximate surface area is 131 Å². The maximum Gasteiger partial charge on any atom is 0.259 e. The molecule has 2 aromatic rings. The molecular formula is C16H16BrFN2O. The Kier molecular flexibility index (Phi) is 4.96. The molecule has 2 aromatic carbocycles. The van der Waals surface area contributed by atoms with Crippen molar-refractivity contribution in [1.82, 2.24) is 0 Å². The van der Waals surface area contributed by atoms with Crippen LogP contribution in [0.15, 0.2) is 46.9 Å². The molecular weight excluding hydrogens is 335 g/mol. The van der Waals surface area contributed by atoms with Gasteiger partial charge in [-0.2, -0.15) is 0 Å². The fraction of sp³-hybridized carbons (Fsp3) is 0.188. The van der Waals surface area contributed by atoms with E-state index in [0.29, 0.717) is 28.0 Å². The fourth-order valence-electron chi connectivity index (χ4n) is 2.07. The van der Waals surface area contributed by atoms with Gasteiger partial charge in [0.05, 0.1) is 5.56 Å². The summed E-state index contributed by atoms with van der Waals surface area (Å²) >= 11 is 3.30. The van der Waals surface area contributed by atoms with Crippen LogP contribution in [0, 0.1) is 5.82 Å². The maximum absolute atomic E-state index is 13.4.